The van der Waals surface area contributed by atoms with Crippen molar-refractivity contribution in [2.24, 2.45) is 11.3 Å². The third-order valence-electron chi connectivity index (χ3n) is 4.68. The average Bonchev–Trinajstić information content (AvgIpc) is 2.44. The molecule has 118 valence electrons. The number of nitrogens with one attached hydrogen (secondary N) is 2. The number of methoxy groups -OCH3 is 1. The molecule has 2 N–H and O–H groups in total. The van der Waals surface area contributed by atoms with Crippen molar-refractivity contribution in [3.05, 3.63) is 0 Å². The zero-order valence-electron chi connectivity index (χ0n) is 13.5. The van der Waals surface area contributed by atoms with E-state index >= 15 is 0 Å². The first kappa shape index (κ1) is 17.2. The third kappa shape index (κ3) is 4.94. The highest BCUT2D eigenvalue weighted by Gasteiger charge is 2.33. The minimum Gasteiger partial charge on any atom is -0.381 e. The summed E-state index contributed by atoms with van der Waals surface area (Å²) in [5.41, 5.74) is -0.182. The van der Waals surface area contributed by atoms with E-state index in [9.17, 15) is 4.79 Å². The molecule has 1 aliphatic heterocycles. The summed E-state index contributed by atoms with van der Waals surface area (Å²) in [6, 6.07) is -0.123. The molecule has 1 saturated heterocycles. The fraction of sp³-hybridized carbons (Fsp3) is 0.933. The lowest BCUT2D eigenvalue weighted by Crippen LogP contribution is -2.51. The summed E-state index contributed by atoms with van der Waals surface area (Å²) < 4.78 is 10.9. The van der Waals surface area contributed by atoms with Gasteiger partial charge in [-0.1, -0.05) is 27.7 Å². The van der Waals surface area contributed by atoms with E-state index in [1.165, 1.54) is 0 Å². The number of carbonyl (C=O) groups excluding carboxylic acids is 1. The lowest BCUT2D eigenvalue weighted by Gasteiger charge is -2.36. The Bertz CT molecular complexity index is 310. The van der Waals surface area contributed by atoms with E-state index < -0.39 is 0 Å². The summed E-state index contributed by atoms with van der Waals surface area (Å²) in [7, 11) is 1.70. The lowest BCUT2D eigenvalue weighted by atomic mass is 9.81. The highest BCUT2D eigenvalue weighted by atomic mass is 16.5. The first-order valence-electron chi connectivity index (χ1n) is 7.46. The molecule has 0 aromatic carbocycles. The van der Waals surface area contributed by atoms with Crippen molar-refractivity contribution in [2.75, 3.05) is 33.4 Å². The maximum Gasteiger partial charge on any atom is 0.314 e. The Hall–Kier alpha value is -0.810. The second kappa shape index (κ2) is 7.27. The van der Waals surface area contributed by atoms with Crippen molar-refractivity contribution >= 4 is 6.03 Å². The minimum atomic E-state index is -0.275. The lowest BCUT2D eigenvalue weighted by molar-refractivity contribution is -0.0861. The van der Waals surface area contributed by atoms with Crippen molar-refractivity contribution < 1.29 is 14.3 Å². The van der Waals surface area contributed by atoms with Gasteiger partial charge in [0.15, 0.2) is 0 Å². The molecule has 1 aliphatic rings. The van der Waals surface area contributed by atoms with Crippen LogP contribution in [0.25, 0.3) is 0 Å². The highest BCUT2D eigenvalue weighted by molar-refractivity contribution is 5.73. The van der Waals surface area contributed by atoms with E-state index in [4.69, 9.17) is 9.47 Å². The molecule has 1 rings (SSSR count). The quantitative estimate of drug-likeness (QED) is 0.786. The van der Waals surface area contributed by atoms with Crippen LogP contribution in [0.3, 0.4) is 0 Å². The number of ether oxygens (including phenoxy) is 2. The maximum atomic E-state index is 11.9. The molecule has 0 aromatic rings. The van der Waals surface area contributed by atoms with E-state index in [1.54, 1.807) is 7.11 Å². The number of hydrogen-bond donors (Lipinski definition) is 2. The Balaban J connectivity index is 2.35. The summed E-state index contributed by atoms with van der Waals surface area (Å²) in [5.74, 6) is 0.517. The number of carbonyl (C=O) groups is 1. The number of hydrogen-bond acceptors (Lipinski definition) is 3. The van der Waals surface area contributed by atoms with Gasteiger partial charge in [0, 0.05) is 46.3 Å². The normalized spacial score (nSPS) is 18.9. The molecule has 5 nitrogen and oxygen atoms in total. The monoisotopic (exact) mass is 286 g/mol. The number of amides is 2. The number of urea groups is 1. The van der Waals surface area contributed by atoms with Crippen LogP contribution in [0.1, 0.15) is 40.5 Å². The Morgan fingerprint density at radius 1 is 1.30 bits per heavy atom. The van der Waals surface area contributed by atoms with Gasteiger partial charge in [-0.2, -0.15) is 0 Å². The molecule has 0 aliphatic carbocycles. The van der Waals surface area contributed by atoms with Crippen molar-refractivity contribution in [1.82, 2.24) is 10.6 Å². The molecule has 0 aromatic heterocycles. The average molecular weight is 286 g/mol. The molecule has 2 amide bonds. The molecule has 0 radical (unpaired) electrons. The Morgan fingerprint density at radius 3 is 2.40 bits per heavy atom. The third-order valence-corrected chi connectivity index (χ3v) is 4.68. The topological polar surface area (TPSA) is 59.6 Å². The molecular formula is C15H30N2O3. The van der Waals surface area contributed by atoms with Gasteiger partial charge in [0.25, 0.3) is 0 Å². The second-order valence-corrected chi connectivity index (χ2v) is 6.68. The first-order valence-corrected chi connectivity index (χ1v) is 7.46. The van der Waals surface area contributed by atoms with Crippen LogP contribution in [0.2, 0.25) is 0 Å². The number of rotatable bonds is 6. The molecule has 5 heteroatoms. The molecule has 0 saturated carbocycles. The van der Waals surface area contributed by atoms with Gasteiger partial charge in [-0.15, -0.1) is 0 Å². The zero-order chi connectivity index (χ0) is 15.2. The Morgan fingerprint density at radius 2 is 1.90 bits per heavy atom. The van der Waals surface area contributed by atoms with E-state index in [-0.39, 0.29) is 17.0 Å². The molecule has 0 atom stereocenters. The van der Waals surface area contributed by atoms with Crippen LogP contribution in [0.15, 0.2) is 0 Å². The summed E-state index contributed by atoms with van der Waals surface area (Å²) in [5, 5.41) is 5.87. The van der Waals surface area contributed by atoms with Crippen molar-refractivity contribution in [3.8, 4) is 0 Å². The van der Waals surface area contributed by atoms with Gasteiger partial charge in [0.1, 0.15) is 0 Å². The molecule has 0 unspecified atom stereocenters. The van der Waals surface area contributed by atoms with Crippen LogP contribution in [0.4, 0.5) is 4.79 Å². The van der Waals surface area contributed by atoms with E-state index in [0.29, 0.717) is 32.2 Å². The molecule has 0 spiro atoms. The zero-order valence-corrected chi connectivity index (χ0v) is 13.5. The van der Waals surface area contributed by atoms with Crippen molar-refractivity contribution in [1.29, 1.82) is 0 Å². The van der Waals surface area contributed by atoms with Gasteiger partial charge in [0.2, 0.25) is 0 Å². The molecular weight excluding hydrogens is 256 g/mol. The van der Waals surface area contributed by atoms with E-state index in [2.05, 4.69) is 38.3 Å². The molecule has 1 heterocycles. The second-order valence-electron chi connectivity index (χ2n) is 6.68. The van der Waals surface area contributed by atoms with Gasteiger partial charge in [0.05, 0.1) is 5.60 Å². The van der Waals surface area contributed by atoms with Crippen molar-refractivity contribution in [3.63, 3.8) is 0 Å². The summed E-state index contributed by atoms with van der Waals surface area (Å²) in [4.78, 5) is 11.9. The van der Waals surface area contributed by atoms with Gasteiger partial charge in [-0.25, -0.2) is 4.79 Å². The fourth-order valence-corrected chi connectivity index (χ4v) is 2.01. The van der Waals surface area contributed by atoms with Crippen LogP contribution >= 0.6 is 0 Å². The van der Waals surface area contributed by atoms with Crippen LogP contribution in [0.5, 0.6) is 0 Å². The summed E-state index contributed by atoms with van der Waals surface area (Å²) in [6.45, 7) is 11.2. The van der Waals surface area contributed by atoms with Crippen LogP contribution < -0.4 is 10.6 Å². The highest BCUT2D eigenvalue weighted by Crippen LogP contribution is 2.25. The van der Waals surface area contributed by atoms with Gasteiger partial charge < -0.3 is 20.1 Å². The minimum absolute atomic E-state index is 0.0922. The van der Waals surface area contributed by atoms with Crippen LogP contribution in [-0.4, -0.2) is 45.0 Å². The molecule has 20 heavy (non-hydrogen) atoms. The molecule has 1 fully saturated rings. The maximum absolute atomic E-state index is 11.9. The Labute approximate surface area is 122 Å². The van der Waals surface area contributed by atoms with Gasteiger partial charge in [-0.3, -0.25) is 0 Å². The van der Waals surface area contributed by atoms with Crippen molar-refractivity contribution in [2.45, 2.75) is 46.1 Å². The van der Waals surface area contributed by atoms with E-state index in [1.807, 2.05) is 0 Å². The fourth-order valence-electron chi connectivity index (χ4n) is 2.01. The molecule has 0 bridgehead atoms. The van der Waals surface area contributed by atoms with Gasteiger partial charge in [-0.05, 0) is 11.3 Å². The van der Waals surface area contributed by atoms with Crippen LogP contribution in [-0.2, 0) is 9.47 Å². The van der Waals surface area contributed by atoms with Crippen LogP contribution in [0, 0.1) is 11.3 Å². The predicted octanol–water partition coefficient (Wildman–Crippen LogP) is 2.16. The predicted molar refractivity (Wildman–Crippen MR) is 79.8 cm³/mol. The summed E-state index contributed by atoms with van der Waals surface area (Å²) in [6.07, 6.45) is 1.64. The van der Waals surface area contributed by atoms with Gasteiger partial charge >= 0.3 is 6.03 Å². The SMILES string of the molecule is COC1(CNC(=O)NCC(C)(C)C(C)C)CCOCC1. The van der Waals surface area contributed by atoms with E-state index in [0.717, 1.165) is 12.8 Å². The smallest absolute Gasteiger partial charge is 0.314 e. The summed E-state index contributed by atoms with van der Waals surface area (Å²) >= 11 is 0. The Kier molecular flexibility index (Phi) is 6.27. The first-order chi connectivity index (χ1) is 9.31. The largest absolute Gasteiger partial charge is 0.381 e. The standard InChI is InChI=1S/C15H30N2O3/c1-12(2)14(3,4)10-16-13(18)17-11-15(19-5)6-8-20-9-7-15/h12H,6-11H2,1-5H3,(H2,16,17,18).